The lowest BCUT2D eigenvalue weighted by molar-refractivity contribution is 0.0768. The summed E-state index contributed by atoms with van der Waals surface area (Å²) < 4.78 is 14.8. The third-order valence-corrected chi connectivity index (χ3v) is 7.19. The van der Waals surface area contributed by atoms with Gasteiger partial charge in [-0.25, -0.2) is 9.49 Å². The number of nitrogens with one attached hydrogen (secondary N) is 1. The van der Waals surface area contributed by atoms with Crippen LogP contribution in [0.5, 0.6) is 0 Å². The molecule has 178 valence electrons. The number of piperidine rings is 1. The second-order valence-electron chi connectivity index (χ2n) is 10.1. The number of H-pyrrole nitrogens is 1. The summed E-state index contributed by atoms with van der Waals surface area (Å²) in [5.74, 6) is 0.300. The van der Waals surface area contributed by atoms with Gasteiger partial charge in [-0.05, 0) is 55.0 Å². The summed E-state index contributed by atoms with van der Waals surface area (Å²) in [5, 5.41) is 8.10. The molecular formula is C27H31FN4O2. The van der Waals surface area contributed by atoms with Crippen LogP contribution in [0.1, 0.15) is 48.3 Å². The van der Waals surface area contributed by atoms with Crippen LogP contribution in [0.3, 0.4) is 0 Å². The second kappa shape index (κ2) is 9.29. The number of halogens is 1. The minimum Gasteiger partial charge on any atom is -0.337 e. The number of benzene rings is 2. The first-order valence-corrected chi connectivity index (χ1v) is 12.2. The smallest absolute Gasteiger partial charge is 0.272 e. The van der Waals surface area contributed by atoms with Crippen molar-refractivity contribution in [2.75, 3.05) is 26.2 Å². The maximum atomic E-state index is 14.8. The fourth-order valence-electron chi connectivity index (χ4n) is 5.65. The third-order valence-electron chi connectivity index (χ3n) is 7.19. The van der Waals surface area contributed by atoms with Gasteiger partial charge < -0.3 is 4.90 Å². The van der Waals surface area contributed by atoms with E-state index in [1.54, 1.807) is 18.2 Å². The average Bonchev–Trinajstić information content (AvgIpc) is 3.27. The second-order valence-corrected chi connectivity index (χ2v) is 10.1. The molecule has 0 saturated carbocycles. The molecule has 2 atom stereocenters. The summed E-state index contributed by atoms with van der Waals surface area (Å²) in [5.41, 5.74) is 1.35. The van der Waals surface area contributed by atoms with Crippen LogP contribution in [0.2, 0.25) is 0 Å². The van der Waals surface area contributed by atoms with Gasteiger partial charge in [0.2, 0.25) is 0 Å². The van der Waals surface area contributed by atoms with Gasteiger partial charge in [0.1, 0.15) is 5.82 Å². The number of amides is 1. The van der Waals surface area contributed by atoms with E-state index in [1.165, 1.54) is 6.07 Å². The van der Waals surface area contributed by atoms with Gasteiger partial charge in [-0.3, -0.25) is 14.5 Å². The Morgan fingerprint density at radius 3 is 2.76 bits per heavy atom. The molecule has 0 spiro atoms. The van der Waals surface area contributed by atoms with Gasteiger partial charge in [0.05, 0.1) is 16.6 Å². The molecular weight excluding hydrogens is 431 g/mol. The number of rotatable bonds is 5. The highest BCUT2D eigenvalue weighted by Gasteiger charge is 2.41. The lowest BCUT2D eigenvalue weighted by Gasteiger charge is -2.37. The summed E-state index contributed by atoms with van der Waals surface area (Å²) in [6.45, 7) is 7.91. The Bertz CT molecular complexity index is 1270. The van der Waals surface area contributed by atoms with Crippen LogP contribution in [0.25, 0.3) is 10.8 Å². The summed E-state index contributed by atoms with van der Waals surface area (Å²) in [6.07, 6.45) is 2.67. The van der Waals surface area contributed by atoms with Crippen molar-refractivity contribution in [1.29, 1.82) is 0 Å². The molecule has 1 aromatic heterocycles. The molecule has 2 fully saturated rings. The Labute approximate surface area is 198 Å². The Hall–Kier alpha value is -3.06. The quantitative estimate of drug-likeness (QED) is 0.626. The fraction of sp³-hybridized carbons (Fsp3) is 0.444. The number of likely N-dealkylation sites (tertiary alicyclic amines) is 2. The number of carbonyl (C=O) groups is 1. The average molecular weight is 463 g/mol. The van der Waals surface area contributed by atoms with E-state index >= 15 is 0 Å². The number of hydrogen-bond acceptors (Lipinski definition) is 4. The summed E-state index contributed by atoms with van der Waals surface area (Å²) in [4.78, 5) is 29.8. The van der Waals surface area contributed by atoms with Crippen LogP contribution in [0.15, 0.2) is 47.3 Å². The highest BCUT2D eigenvalue weighted by Crippen LogP contribution is 2.32. The number of aromatic nitrogens is 2. The van der Waals surface area contributed by atoms with Gasteiger partial charge in [0, 0.05) is 37.5 Å². The summed E-state index contributed by atoms with van der Waals surface area (Å²) in [7, 11) is 0. The molecule has 2 aromatic carbocycles. The SMILES string of the molecule is CC(C)CN1CCCC2CN(C(=O)c3cc(Cc4n[nH]c(=O)c5ccccc45)ccc3F)CC21. The van der Waals surface area contributed by atoms with Gasteiger partial charge in [-0.2, -0.15) is 5.10 Å². The molecule has 0 aliphatic carbocycles. The van der Waals surface area contributed by atoms with E-state index in [9.17, 15) is 14.0 Å². The van der Waals surface area contributed by atoms with Crippen molar-refractivity contribution in [3.8, 4) is 0 Å². The highest BCUT2D eigenvalue weighted by atomic mass is 19.1. The van der Waals surface area contributed by atoms with Crippen molar-refractivity contribution in [2.24, 2.45) is 11.8 Å². The zero-order valence-electron chi connectivity index (χ0n) is 19.8. The van der Waals surface area contributed by atoms with Gasteiger partial charge in [-0.1, -0.05) is 38.1 Å². The number of nitrogens with zero attached hydrogens (tertiary/aromatic N) is 3. The number of hydrogen-bond donors (Lipinski definition) is 1. The van der Waals surface area contributed by atoms with Gasteiger partial charge in [-0.15, -0.1) is 0 Å². The predicted octanol–water partition coefficient (Wildman–Crippen LogP) is 3.85. The van der Waals surface area contributed by atoms with Crippen molar-refractivity contribution in [2.45, 2.75) is 39.2 Å². The summed E-state index contributed by atoms with van der Waals surface area (Å²) >= 11 is 0. The first-order chi connectivity index (χ1) is 16.4. The molecule has 2 unspecified atom stereocenters. The molecule has 2 saturated heterocycles. The molecule has 5 rings (SSSR count). The molecule has 7 heteroatoms. The monoisotopic (exact) mass is 462 g/mol. The number of carbonyl (C=O) groups excluding carboxylic acids is 1. The fourth-order valence-corrected chi connectivity index (χ4v) is 5.65. The number of fused-ring (bicyclic) bond motifs is 2. The lowest BCUT2D eigenvalue weighted by atomic mass is 9.91. The molecule has 2 aliphatic rings. The van der Waals surface area contributed by atoms with Crippen LogP contribution in [0, 0.1) is 17.7 Å². The standard InChI is InChI=1S/C27H31FN4O2/c1-17(2)14-31-11-5-6-19-15-32(16-25(19)31)27(34)22-12-18(9-10-23(22)28)13-24-20-7-3-4-8-21(20)26(33)30-29-24/h3-4,7-10,12,17,19,25H,5-6,11,13-16H2,1-2H3,(H,30,33). The minimum absolute atomic E-state index is 0.111. The maximum absolute atomic E-state index is 14.8. The largest absolute Gasteiger partial charge is 0.337 e. The van der Waals surface area contributed by atoms with Crippen molar-refractivity contribution in [1.82, 2.24) is 20.0 Å². The van der Waals surface area contributed by atoms with Crippen molar-refractivity contribution in [3.63, 3.8) is 0 Å². The van der Waals surface area contributed by atoms with Gasteiger partial charge >= 0.3 is 0 Å². The van der Waals surface area contributed by atoms with Crippen molar-refractivity contribution in [3.05, 3.63) is 75.5 Å². The molecule has 34 heavy (non-hydrogen) atoms. The van der Waals surface area contributed by atoms with E-state index < -0.39 is 5.82 Å². The maximum Gasteiger partial charge on any atom is 0.272 e. The van der Waals surface area contributed by atoms with E-state index in [0.29, 0.717) is 48.5 Å². The molecule has 1 N–H and O–H groups in total. The Morgan fingerprint density at radius 1 is 1.18 bits per heavy atom. The van der Waals surface area contributed by atoms with Crippen molar-refractivity contribution < 1.29 is 9.18 Å². The molecule has 0 bridgehead atoms. The predicted molar refractivity (Wildman–Crippen MR) is 130 cm³/mol. The van der Waals surface area contributed by atoms with Gasteiger partial charge in [0.25, 0.3) is 11.5 Å². The van der Waals surface area contributed by atoms with Gasteiger partial charge in [0.15, 0.2) is 0 Å². The molecule has 3 heterocycles. The first kappa shape index (κ1) is 22.7. The molecule has 1 amide bonds. The van der Waals surface area contributed by atoms with Crippen LogP contribution < -0.4 is 5.56 Å². The molecule has 0 radical (unpaired) electrons. The van der Waals surface area contributed by atoms with E-state index in [0.717, 1.165) is 36.9 Å². The minimum atomic E-state index is -0.498. The van der Waals surface area contributed by atoms with E-state index in [1.807, 2.05) is 23.1 Å². The molecule has 3 aromatic rings. The van der Waals surface area contributed by atoms with Crippen LogP contribution in [-0.4, -0.2) is 58.1 Å². The van der Waals surface area contributed by atoms with E-state index in [4.69, 9.17) is 0 Å². The van der Waals surface area contributed by atoms with E-state index in [2.05, 4.69) is 28.9 Å². The Balaban J connectivity index is 1.38. The first-order valence-electron chi connectivity index (χ1n) is 12.2. The highest BCUT2D eigenvalue weighted by molar-refractivity contribution is 5.95. The van der Waals surface area contributed by atoms with Crippen molar-refractivity contribution >= 4 is 16.7 Å². The number of aromatic amines is 1. The lowest BCUT2D eigenvalue weighted by Crippen LogP contribution is -2.46. The summed E-state index contributed by atoms with van der Waals surface area (Å²) in [6, 6.07) is 12.3. The Kier molecular flexibility index (Phi) is 6.21. The molecule has 6 nitrogen and oxygen atoms in total. The van der Waals surface area contributed by atoms with Crippen LogP contribution in [0.4, 0.5) is 4.39 Å². The Morgan fingerprint density at radius 2 is 1.97 bits per heavy atom. The molecule has 2 aliphatic heterocycles. The zero-order valence-corrected chi connectivity index (χ0v) is 19.8. The van der Waals surface area contributed by atoms with Crippen LogP contribution in [-0.2, 0) is 6.42 Å². The zero-order chi connectivity index (χ0) is 23.8. The topological polar surface area (TPSA) is 69.3 Å². The van der Waals surface area contributed by atoms with E-state index in [-0.39, 0.29) is 17.0 Å². The third kappa shape index (κ3) is 4.37. The normalized spacial score (nSPS) is 20.8. The van der Waals surface area contributed by atoms with Crippen LogP contribution >= 0.6 is 0 Å².